The van der Waals surface area contributed by atoms with Gasteiger partial charge in [0.1, 0.15) is 0 Å². The lowest BCUT2D eigenvalue weighted by Crippen LogP contribution is -2.43. The van der Waals surface area contributed by atoms with Gasteiger partial charge >= 0.3 is 0 Å². The van der Waals surface area contributed by atoms with Crippen LogP contribution < -0.4 is 0 Å². The van der Waals surface area contributed by atoms with Crippen molar-refractivity contribution in [2.45, 2.75) is 57.2 Å². The molecule has 4 rings (SSSR count). The Labute approximate surface area is 177 Å². The Morgan fingerprint density at radius 1 is 1.23 bits per heavy atom. The van der Waals surface area contributed by atoms with Crippen LogP contribution in [0.1, 0.15) is 54.9 Å². The molecular weight excluding hydrogens is 404 g/mol. The van der Waals surface area contributed by atoms with E-state index in [1.807, 2.05) is 31.2 Å². The number of hydrogen-bond acceptors (Lipinski definition) is 6. The molecule has 1 aliphatic carbocycles. The number of aromatic nitrogens is 2. The fraction of sp³-hybridized carbons (Fsp3) is 0.571. The van der Waals surface area contributed by atoms with Crippen molar-refractivity contribution in [2.24, 2.45) is 0 Å². The Hall–Kier alpha value is -2.26. The molecule has 1 unspecified atom stereocenters. The van der Waals surface area contributed by atoms with E-state index >= 15 is 0 Å². The maximum absolute atomic E-state index is 12.9. The minimum atomic E-state index is -3.43. The predicted molar refractivity (Wildman–Crippen MR) is 111 cm³/mol. The second kappa shape index (κ2) is 8.47. The molecule has 0 N–H and O–H groups in total. The average Bonchev–Trinajstić information content (AvgIpc) is 3.23. The van der Waals surface area contributed by atoms with Gasteiger partial charge in [-0.25, -0.2) is 8.42 Å². The first-order valence-corrected chi connectivity index (χ1v) is 12.1. The molecule has 1 saturated heterocycles. The Morgan fingerprint density at radius 2 is 1.97 bits per heavy atom. The molecule has 2 aliphatic rings. The third-order valence-corrected chi connectivity index (χ3v) is 7.64. The Kier molecular flexibility index (Phi) is 5.92. The summed E-state index contributed by atoms with van der Waals surface area (Å²) in [5.41, 5.74) is 1.87. The molecule has 1 atom stereocenters. The van der Waals surface area contributed by atoms with E-state index in [2.05, 4.69) is 10.1 Å². The first-order valence-electron chi connectivity index (χ1n) is 10.4. The van der Waals surface area contributed by atoms with Crippen LogP contribution >= 0.6 is 0 Å². The van der Waals surface area contributed by atoms with Crippen molar-refractivity contribution in [1.29, 1.82) is 0 Å². The fourth-order valence-electron chi connectivity index (χ4n) is 3.89. The van der Waals surface area contributed by atoms with E-state index in [0.717, 1.165) is 24.0 Å². The molecular formula is C21H28N4O4S. The van der Waals surface area contributed by atoms with E-state index in [1.165, 1.54) is 11.2 Å². The van der Waals surface area contributed by atoms with Crippen LogP contribution in [0.3, 0.4) is 0 Å². The number of aryl methyl sites for hydroxylation is 1. The first-order chi connectivity index (χ1) is 14.3. The molecule has 9 heteroatoms. The zero-order valence-electron chi connectivity index (χ0n) is 17.5. The molecule has 1 aliphatic heterocycles. The zero-order chi connectivity index (χ0) is 21.3. The van der Waals surface area contributed by atoms with E-state index in [-0.39, 0.29) is 17.7 Å². The lowest BCUT2D eigenvalue weighted by atomic mass is 10.2. The third kappa shape index (κ3) is 4.89. The molecule has 2 fully saturated rings. The molecule has 1 saturated carbocycles. The summed E-state index contributed by atoms with van der Waals surface area (Å²) in [4.78, 5) is 18.4. The second-order valence-electron chi connectivity index (χ2n) is 8.33. The van der Waals surface area contributed by atoms with Gasteiger partial charge in [-0.1, -0.05) is 35.0 Å². The molecule has 1 aromatic heterocycles. The zero-order valence-corrected chi connectivity index (χ0v) is 18.3. The third-order valence-electron chi connectivity index (χ3n) is 5.82. The highest BCUT2D eigenvalue weighted by molar-refractivity contribution is 7.88. The highest BCUT2D eigenvalue weighted by Gasteiger charge is 2.35. The monoisotopic (exact) mass is 432 g/mol. The molecule has 1 amide bonds. The van der Waals surface area contributed by atoms with Crippen LogP contribution in [0.2, 0.25) is 0 Å². The van der Waals surface area contributed by atoms with Crippen LogP contribution in [0.25, 0.3) is 0 Å². The quantitative estimate of drug-likeness (QED) is 0.635. The van der Waals surface area contributed by atoms with Gasteiger partial charge in [0.25, 0.3) is 0 Å². The lowest BCUT2D eigenvalue weighted by Gasteiger charge is -2.27. The van der Waals surface area contributed by atoms with Crippen molar-refractivity contribution in [3.63, 3.8) is 0 Å². The summed E-state index contributed by atoms with van der Waals surface area (Å²) in [6.45, 7) is 4.70. The minimum Gasteiger partial charge on any atom is -0.339 e. The summed E-state index contributed by atoms with van der Waals surface area (Å²) >= 11 is 0. The number of sulfonamides is 1. The molecule has 0 spiro atoms. The predicted octanol–water partition coefficient (Wildman–Crippen LogP) is 2.25. The normalized spacial score (nSPS) is 19.9. The van der Waals surface area contributed by atoms with Gasteiger partial charge < -0.3 is 9.42 Å². The van der Waals surface area contributed by atoms with Crippen LogP contribution in [0.4, 0.5) is 0 Å². The molecule has 30 heavy (non-hydrogen) atoms. The van der Waals surface area contributed by atoms with E-state index < -0.39 is 10.0 Å². The molecule has 0 radical (unpaired) electrons. The number of nitrogens with zero attached hydrogens (tertiary/aromatic N) is 4. The van der Waals surface area contributed by atoms with Gasteiger partial charge in [-0.3, -0.25) is 4.79 Å². The maximum atomic E-state index is 12.9. The van der Waals surface area contributed by atoms with Crippen LogP contribution in [0.15, 0.2) is 28.8 Å². The summed E-state index contributed by atoms with van der Waals surface area (Å²) in [6.07, 6.45) is 3.32. The summed E-state index contributed by atoms with van der Waals surface area (Å²) in [5, 5.41) is 4.01. The Bertz CT molecular complexity index is 998. The highest BCUT2D eigenvalue weighted by atomic mass is 32.2. The molecule has 8 nitrogen and oxygen atoms in total. The van der Waals surface area contributed by atoms with Crippen LogP contribution in [-0.4, -0.2) is 59.3 Å². The number of benzene rings is 1. The highest BCUT2D eigenvalue weighted by Crippen LogP contribution is 2.38. The SMILES string of the molecule is CC(=O)N(CCc1noc(C2CC2)n1)C1CCN(S(=O)(=O)Cc2ccc(C)cc2)C1. The molecule has 0 bridgehead atoms. The van der Waals surface area contributed by atoms with Crippen molar-refractivity contribution >= 4 is 15.9 Å². The minimum absolute atomic E-state index is 0.0210. The lowest BCUT2D eigenvalue weighted by molar-refractivity contribution is -0.130. The number of rotatable bonds is 8. The van der Waals surface area contributed by atoms with Gasteiger partial charge in [-0.05, 0) is 31.7 Å². The number of hydrogen-bond donors (Lipinski definition) is 0. The van der Waals surface area contributed by atoms with Crippen LogP contribution in [0.5, 0.6) is 0 Å². The summed E-state index contributed by atoms with van der Waals surface area (Å²) in [6, 6.07) is 7.40. The topological polar surface area (TPSA) is 96.6 Å². The van der Waals surface area contributed by atoms with E-state index in [9.17, 15) is 13.2 Å². The fourth-order valence-corrected chi connectivity index (χ4v) is 5.47. The largest absolute Gasteiger partial charge is 0.339 e. The standard InChI is InChI=1S/C21H28N4O4S/c1-15-3-5-17(6-4-15)14-30(27,28)24-11-9-19(13-24)25(16(2)26)12-10-20-22-21(29-23-20)18-7-8-18/h3-6,18-19H,7-14H2,1-2H3. The smallest absolute Gasteiger partial charge is 0.229 e. The van der Waals surface area contributed by atoms with Gasteiger partial charge in [0.05, 0.1) is 5.75 Å². The van der Waals surface area contributed by atoms with Crippen molar-refractivity contribution in [1.82, 2.24) is 19.3 Å². The number of carbonyl (C=O) groups is 1. The molecule has 2 aromatic rings. The summed E-state index contributed by atoms with van der Waals surface area (Å²) in [7, 11) is -3.43. The second-order valence-corrected chi connectivity index (χ2v) is 10.3. The van der Waals surface area contributed by atoms with E-state index in [0.29, 0.717) is 50.1 Å². The van der Waals surface area contributed by atoms with Gasteiger partial charge in [0.2, 0.25) is 21.8 Å². The number of carbonyl (C=O) groups excluding carboxylic acids is 1. The van der Waals surface area contributed by atoms with Crippen molar-refractivity contribution in [3.05, 3.63) is 47.1 Å². The van der Waals surface area contributed by atoms with Crippen molar-refractivity contribution in [2.75, 3.05) is 19.6 Å². The molecule has 1 aromatic carbocycles. The van der Waals surface area contributed by atoms with E-state index in [1.54, 1.807) is 4.90 Å². The summed E-state index contributed by atoms with van der Waals surface area (Å²) in [5.74, 6) is 1.60. The number of amides is 1. The van der Waals surface area contributed by atoms with Gasteiger partial charge in [-0.15, -0.1) is 0 Å². The Morgan fingerprint density at radius 3 is 2.63 bits per heavy atom. The first kappa shape index (κ1) is 21.0. The van der Waals surface area contributed by atoms with Gasteiger partial charge in [0.15, 0.2) is 5.82 Å². The van der Waals surface area contributed by atoms with Crippen molar-refractivity contribution in [3.8, 4) is 0 Å². The molecule has 162 valence electrons. The van der Waals surface area contributed by atoms with Gasteiger partial charge in [-0.2, -0.15) is 9.29 Å². The summed E-state index contributed by atoms with van der Waals surface area (Å²) < 4.78 is 32.5. The Balaban J connectivity index is 1.36. The van der Waals surface area contributed by atoms with Crippen LogP contribution in [-0.2, 0) is 27.0 Å². The van der Waals surface area contributed by atoms with Gasteiger partial charge in [0, 0.05) is 44.9 Å². The van der Waals surface area contributed by atoms with E-state index in [4.69, 9.17) is 4.52 Å². The maximum Gasteiger partial charge on any atom is 0.229 e. The average molecular weight is 433 g/mol. The van der Waals surface area contributed by atoms with Crippen molar-refractivity contribution < 1.29 is 17.7 Å². The molecule has 2 heterocycles. The van der Waals surface area contributed by atoms with Crippen LogP contribution in [0, 0.1) is 6.92 Å².